The molecule has 0 atom stereocenters. The number of aromatic nitrogens is 2. The van der Waals surface area contributed by atoms with Gasteiger partial charge in [0.15, 0.2) is 5.82 Å². The molecule has 1 aromatic rings. The predicted octanol–water partition coefficient (Wildman–Crippen LogP) is 2.98. The van der Waals surface area contributed by atoms with Crippen LogP contribution in [-0.2, 0) is 4.57 Å². The molecule has 0 aromatic carbocycles. The summed E-state index contributed by atoms with van der Waals surface area (Å²) in [6.45, 7) is 16.3. The fraction of sp³-hybridized carbons (Fsp3) is 0.455. The number of hydrogen-bond donors (Lipinski definition) is 0. The van der Waals surface area contributed by atoms with Crippen molar-refractivity contribution in [3.63, 3.8) is 0 Å². The Hall–Kier alpha value is -1.15. The van der Waals surface area contributed by atoms with Crippen LogP contribution in [0.2, 0.25) is 0 Å². The highest BCUT2D eigenvalue weighted by molar-refractivity contribution is 7.69. The van der Waals surface area contributed by atoms with Gasteiger partial charge in [-0.25, -0.2) is 9.67 Å². The van der Waals surface area contributed by atoms with E-state index in [-0.39, 0.29) is 0 Å². The first-order chi connectivity index (χ1) is 7.36. The van der Waals surface area contributed by atoms with Crippen LogP contribution < -0.4 is 5.44 Å². The minimum atomic E-state index is -2.34. The Kier molecular flexibility index (Phi) is 5.39. The van der Waals surface area contributed by atoms with E-state index in [1.807, 2.05) is 20.8 Å². The summed E-state index contributed by atoms with van der Waals surface area (Å²) in [5.41, 5.74) is 1.29. The number of allylic oxidation sites excluding steroid dienone is 1. The lowest BCUT2D eigenvalue weighted by molar-refractivity contribution is 0.587. The van der Waals surface area contributed by atoms with Crippen molar-refractivity contribution in [2.45, 2.75) is 20.8 Å². The monoisotopic (exact) mass is 241 g/mol. The Bertz CT molecular complexity index is 428. The van der Waals surface area contributed by atoms with Gasteiger partial charge in [0.2, 0.25) is 0 Å². The third-order valence-corrected chi connectivity index (χ3v) is 3.07. The van der Waals surface area contributed by atoms with Crippen LogP contribution in [0.1, 0.15) is 20.8 Å². The molecule has 0 saturated heterocycles. The second kappa shape index (κ2) is 5.80. The second-order valence-corrected chi connectivity index (χ2v) is 6.68. The van der Waals surface area contributed by atoms with Crippen LogP contribution in [0.3, 0.4) is 0 Å². The lowest BCUT2D eigenvalue weighted by Crippen LogP contribution is -2.06. The molecule has 1 rings (SSSR count). The smallest absolute Gasteiger partial charge is 0.155 e. The van der Waals surface area contributed by atoms with Crippen molar-refractivity contribution in [3.05, 3.63) is 12.6 Å². The van der Waals surface area contributed by atoms with Crippen molar-refractivity contribution < 1.29 is 4.57 Å². The fourth-order valence-corrected chi connectivity index (χ4v) is 1.75. The van der Waals surface area contributed by atoms with Gasteiger partial charge < -0.3 is 4.57 Å². The largest absolute Gasteiger partial charge is 0.318 e. The third kappa shape index (κ3) is 3.46. The Balaban J connectivity index is 0.00000106. The molecule has 0 fully saturated rings. The van der Waals surface area contributed by atoms with E-state index in [0.29, 0.717) is 11.3 Å². The van der Waals surface area contributed by atoms with Crippen LogP contribution in [0.25, 0.3) is 5.70 Å². The van der Waals surface area contributed by atoms with E-state index in [0.717, 1.165) is 5.70 Å². The van der Waals surface area contributed by atoms with Crippen molar-refractivity contribution in [1.29, 1.82) is 0 Å². The van der Waals surface area contributed by atoms with Crippen LogP contribution in [0.4, 0.5) is 5.82 Å². The molecule has 0 amide bonds. The van der Waals surface area contributed by atoms with Gasteiger partial charge in [-0.2, -0.15) is 5.10 Å². The van der Waals surface area contributed by atoms with E-state index in [1.165, 1.54) is 0 Å². The zero-order chi connectivity index (χ0) is 12.9. The molecule has 0 unspecified atom stereocenters. The molecule has 1 heterocycles. The normalized spacial score (nSPS) is 10.3. The van der Waals surface area contributed by atoms with Gasteiger partial charge in [-0.15, -0.1) is 0 Å². The molecule has 0 aliphatic rings. The first-order valence-corrected chi connectivity index (χ1v) is 7.74. The lowest BCUT2D eigenvalue weighted by Gasteiger charge is -2.01. The molecule has 4 nitrogen and oxygen atoms in total. The molecule has 90 valence electrons. The van der Waals surface area contributed by atoms with Gasteiger partial charge in [-0.05, 0) is 27.0 Å². The van der Waals surface area contributed by atoms with Gasteiger partial charge in [0.25, 0.3) is 0 Å². The van der Waals surface area contributed by atoms with E-state index in [2.05, 4.69) is 23.4 Å². The molecule has 0 radical (unpaired) electrons. The van der Waals surface area contributed by atoms with Gasteiger partial charge in [0.05, 0.1) is 0 Å². The van der Waals surface area contributed by atoms with E-state index in [1.54, 1.807) is 24.1 Å². The predicted molar refractivity (Wildman–Crippen MR) is 72.9 cm³/mol. The first kappa shape index (κ1) is 14.8. The van der Waals surface area contributed by atoms with Crippen LogP contribution >= 0.6 is 7.14 Å². The first-order valence-electron chi connectivity index (χ1n) is 5.14. The number of hydrogen-bond acceptors (Lipinski definition) is 3. The van der Waals surface area contributed by atoms with Crippen molar-refractivity contribution in [3.8, 4) is 0 Å². The average molecular weight is 241 g/mol. The summed E-state index contributed by atoms with van der Waals surface area (Å²) in [7, 11) is -2.34. The second-order valence-electron chi connectivity index (χ2n) is 3.52. The summed E-state index contributed by atoms with van der Waals surface area (Å²) in [5, 5.41) is 4.17. The molecule has 0 saturated carbocycles. The highest BCUT2D eigenvalue weighted by atomic mass is 31.2. The molecular formula is C11H20N3OP. The molecular weight excluding hydrogens is 221 g/mol. The number of rotatable bonds is 3. The summed E-state index contributed by atoms with van der Waals surface area (Å²) in [6, 6.07) is 1.68. The van der Waals surface area contributed by atoms with Gasteiger partial charge >= 0.3 is 0 Å². The van der Waals surface area contributed by atoms with Gasteiger partial charge in [0, 0.05) is 11.8 Å². The molecule has 1 aromatic heterocycles. The summed E-state index contributed by atoms with van der Waals surface area (Å²) in [5.74, 6) is 0.580. The fourth-order valence-electron chi connectivity index (χ4n) is 1.02. The molecule has 0 N–H and O–H groups in total. The maximum Gasteiger partial charge on any atom is 0.155 e. The topological polar surface area (TPSA) is 47.2 Å². The van der Waals surface area contributed by atoms with Crippen LogP contribution in [-0.4, -0.2) is 29.8 Å². The minimum Gasteiger partial charge on any atom is -0.318 e. The Morgan fingerprint density at radius 2 is 2.00 bits per heavy atom. The molecule has 0 aliphatic heterocycles. The van der Waals surface area contributed by atoms with Gasteiger partial charge in [0.1, 0.15) is 12.6 Å². The van der Waals surface area contributed by atoms with Crippen molar-refractivity contribution in [2.75, 3.05) is 13.3 Å². The van der Waals surface area contributed by atoms with Crippen LogP contribution in [0, 0.1) is 0 Å². The van der Waals surface area contributed by atoms with Crippen LogP contribution in [0.15, 0.2) is 17.6 Å². The highest BCUT2D eigenvalue weighted by Gasteiger charge is 2.17. The molecule has 0 aliphatic carbocycles. The van der Waals surface area contributed by atoms with Crippen molar-refractivity contribution >= 4 is 30.8 Å². The maximum absolute atomic E-state index is 11.8. The maximum atomic E-state index is 11.8. The Labute approximate surface area is 97.5 Å². The minimum absolute atomic E-state index is 0.558. The van der Waals surface area contributed by atoms with Gasteiger partial charge in [-0.1, -0.05) is 20.4 Å². The lowest BCUT2D eigenvalue weighted by atomic mass is 10.5. The molecule has 0 bridgehead atoms. The van der Waals surface area contributed by atoms with Gasteiger partial charge in [-0.3, -0.25) is 0 Å². The quantitative estimate of drug-likeness (QED) is 0.603. The summed E-state index contributed by atoms with van der Waals surface area (Å²) < 4.78 is 13.3. The van der Waals surface area contributed by atoms with E-state index in [9.17, 15) is 4.57 Å². The summed E-state index contributed by atoms with van der Waals surface area (Å²) in [4.78, 5) is 3.79. The van der Waals surface area contributed by atoms with Crippen molar-refractivity contribution in [2.24, 2.45) is 4.99 Å². The zero-order valence-electron chi connectivity index (χ0n) is 10.7. The zero-order valence-corrected chi connectivity index (χ0v) is 11.6. The van der Waals surface area contributed by atoms with Crippen molar-refractivity contribution in [1.82, 2.24) is 9.78 Å². The Morgan fingerprint density at radius 1 is 1.50 bits per heavy atom. The van der Waals surface area contributed by atoms with E-state index in [4.69, 9.17) is 0 Å². The molecule has 16 heavy (non-hydrogen) atoms. The third-order valence-electron chi connectivity index (χ3n) is 1.75. The highest BCUT2D eigenvalue weighted by Crippen LogP contribution is 2.35. The summed E-state index contributed by atoms with van der Waals surface area (Å²) in [6.07, 6.45) is 0. The average Bonchev–Trinajstić information content (AvgIpc) is 2.64. The molecule has 5 heteroatoms. The van der Waals surface area contributed by atoms with E-state index < -0.39 is 7.14 Å². The van der Waals surface area contributed by atoms with E-state index >= 15 is 0 Å². The standard InChI is InChI=1S/C9H14N3OP.C2H6/c1-7(2)12-8(10-3)6-9(11-12)14(4,5)13;1-2/h6H,1,3H2,2,4-5H3;1-2H3. The van der Waals surface area contributed by atoms with Crippen LogP contribution in [0.5, 0.6) is 0 Å². The molecule has 0 spiro atoms. The summed E-state index contributed by atoms with van der Waals surface area (Å²) >= 11 is 0. The number of aliphatic imine (C=N–C) groups is 1. The Morgan fingerprint density at radius 3 is 2.25 bits per heavy atom. The SMILES string of the molecule is C=Nc1cc(P(C)(C)=O)nn1C(=C)C.CC. The number of nitrogens with zero attached hydrogens (tertiary/aromatic N) is 3.